The summed E-state index contributed by atoms with van der Waals surface area (Å²) in [6, 6.07) is 12.9. The second kappa shape index (κ2) is 7.51. The zero-order chi connectivity index (χ0) is 20.8. The summed E-state index contributed by atoms with van der Waals surface area (Å²) in [6.07, 6.45) is -0.273. The Morgan fingerprint density at radius 3 is 2.53 bits per heavy atom. The van der Waals surface area contributed by atoms with Crippen LogP contribution in [0.15, 0.2) is 42.5 Å². The molecule has 0 bridgehead atoms. The Labute approximate surface area is 174 Å². The van der Waals surface area contributed by atoms with Crippen molar-refractivity contribution in [2.75, 3.05) is 26.9 Å². The van der Waals surface area contributed by atoms with Gasteiger partial charge in [0.15, 0.2) is 5.78 Å². The van der Waals surface area contributed by atoms with Gasteiger partial charge >= 0.3 is 0 Å². The highest BCUT2D eigenvalue weighted by Crippen LogP contribution is 2.53. The van der Waals surface area contributed by atoms with E-state index in [-0.39, 0.29) is 23.2 Å². The Bertz CT molecular complexity index is 982. The smallest absolute Gasteiger partial charge is 0.254 e. The molecule has 1 saturated carbocycles. The van der Waals surface area contributed by atoms with Crippen LogP contribution in [0.2, 0.25) is 0 Å². The molecule has 0 spiro atoms. The van der Waals surface area contributed by atoms with Gasteiger partial charge in [-0.1, -0.05) is 30.3 Å². The van der Waals surface area contributed by atoms with Gasteiger partial charge in [0.2, 0.25) is 0 Å². The third-order valence-electron chi connectivity index (χ3n) is 6.75. The van der Waals surface area contributed by atoms with Gasteiger partial charge in [0.1, 0.15) is 18.5 Å². The lowest BCUT2D eigenvalue weighted by molar-refractivity contribution is 0.0950. The molecule has 6 heteroatoms. The number of benzene rings is 2. The zero-order valence-corrected chi connectivity index (χ0v) is 16.8. The van der Waals surface area contributed by atoms with Gasteiger partial charge in [-0.05, 0) is 35.4 Å². The van der Waals surface area contributed by atoms with E-state index in [0.29, 0.717) is 41.1 Å². The van der Waals surface area contributed by atoms with Crippen LogP contribution in [0, 0.1) is 17.8 Å². The Morgan fingerprint density at radius 1 is 1.13 bits per heavy atom. The number of ether oxygens (including phenoxy) is 2. The summed E-state index contributed by atoms with van der Waals surface area (Å²) >= 11 is 0. The molecule has 0 radical (unpaired) electrons. The number of Topliss-reactive ketones (excluding diaryl/α,β-unsaturated/α-hetero) is 1. The number of hydrogen-bond acceptors (Lipinski definition) is 4. The van der Waals surface area contributed by atoms with Gasteiger partial charge < -0.3 is 14.8 Å². The Kier molecular flexibility index (Phi) is 4.82. The number of alkyl halides is 1. The minimum atomic E-state index is -0.726. The van der Waals surface area contributed by atoms with E-state index in [4.69, 9.17) is 9.47 Å². The number of halogens is 1. The molecule has 30 heavy (non-hydrogen) atoms. The summed E-state index contributed by atoms with van der Waals surface area (Å²) in [4.78, 5) is 25.7. The molecule has 2 fully saturated rings. The SMILES string of the molecule is CNC(=O)c1cc(C(=O)CC2[C@H]3COC[C@@H]23)cc2c1O[C@H](CF)[C@@H]2c1ccccc1. The highest BCUT2D eigenvalue weighted by Gasteiger charge is 2.54. The van der Waals surface area contributed by atoms with Gasteiger partial charge in [-0.3, -0.25) is 9.59 Å². The lowest BCUT2D eigenvalue weighted by Gasteiger charge is -2.16. The first-order valence-electron chi connectivity index (χ1n) is 10.4. The molecule has 5 nitrogen and oxygen atoms in total. The maximum atomic E-state index is 13.9. The first kappa shape index (κ1) is 19.2. The van der Waals surface area contributed by atoms with Crippen molar-refractivity contribution in [3.63, 3.8) is 0 Å². The summed E-state index contributed by atoms with van der Waals surface area (Å²) in [6.45, 7) is 0.785. The number of carbonyl (C=O) groups is 2. The Hall–Kier alpha value is -2.73. The standard InChI is InChI=1S/C24H24FNO4/c1-26-24(28)17-8-14(20(27)9-15-18-11-29-12-19(15)18)7-16-22(13-5-3-2-4-6-13)21(10-25)30-23(16)17/h2-8,15,18-19,21-22H,9-12H2,1H3,(H,26,28)/t15?,18-,19+,21-,22-/m1/s1. The molecule has 1 unspecified atom stereocenters. The molecule has 156 valence electrons. The second-order valence-corrected chi connectivity index (χ2v) is 8.38. The molecular weight excluding hydrogens is 385 g/mol. The zero-order valence-electron chi connectivity index (χ0n) is 16.8. The largest absolute Gasteiger partial charge is 0.486 e. The summed E-state index contributed by atoms with van der Waals surface area (Å²) in [5.41, 5.74) is 2.38. The van der Waals surface area contributed by atoms with Crippen LogP contribution in [0.25, 0.3) is 0 Å². The molecule has 0 aromatic heterocycles. The quantitative estimate of drug-likeness (QED) is 0.743. The summed E-state index contributed by atoms with van der Waals surface area (Å²) in [5, 5.41) is 2.61. The number of ketones is 1. The summed E-state index contributed by atoms with van der Waals surface area (Å²) in [7, 11) is 1.53. The predicted octanol–water partition coefficient (Wildman–Crippen LogP) is 3.37. The fourth-order valence-electron chi connectivity index (χ4n) is 5.07. The molecule has 2 aromatic rings. The van der Waals surface area contributed by atoms with E-state index in [0.717, 1.165) is 18.8 Å². The van der Waals surface area contributed by atoms with E-state index >= 15 is 0 Å². The number of amides is 1. The van der Waals surface area contributed by atoms with Crippen LogP contribution in [0.4, 0.5) is 4.39 Å². The van der Waals surface area contributed by atoms with Gasteiger partial charge in [0.05, 0.1) is 24.7 Å². The molecule has 3 aliphatic rings. The molecule has 1 amide bonds. The van der Waals surface area contributed by atoms with Crippen LogP contribution in [0.5, 0.6) is 5.75 Å². The molecule has 2 aromatic carbocycles. The highest BCUT2D eigenvalue weighted by molar-refractivity contribution is 6.03. The van der Waals surface area contributed by atoms with Gasteiger partial charge in [0, 0.05) is 24.6 Å². The average Bonchev–Trinajstić information content (AvgIpc) is 3.14. The van der Waals surface area contributed by atoms with Crippen molar-refractivity contribution in [2.45, 2.75) is 18.4 Å². The van der Waals surface area contributed by atoms with Gasteiger partial charge in [0.25, 0.3) is 5.91 Å². The second-order valence-electron chi connectivity index (χ2n) is 8.38. The van der Waals surface area contributed by atoms with E-state index in [1.165, 1.54) is 7.05 Å². The van der Waals surface area contributed by atoms with E-state index in [1.807, 2.05) is 30.3 Å². The maximum absolute atomic E-state index is 13.9. The van der Waals surface area contributed by atoms with Gasteiger partial charge in [-0.15, -0.1) is 0 Å². The lowest BCUT2D eigenvalue weighted by atomic mass is 9.86. The van der Waals surface area contributed by atoms with Crippen LogP contribution in [0.3, 0.4) is 0 Å². The lowest BCUT2D eigenvalue weighted by Crippen LogP contribution is -2.22. The van der Waals surface area contributed by atoms with E-state index in [9.17, 15) is 14.0 Å². The van der Waals surface area contributed by atoms with Crippen LogP contribution in [-0.4, -0.2) is 44.7 Å². The third-order valence-corrected chi connectivity index (χ3v) is 6.75. The topological polar surface area (TPSA) is 64.6 Å². The minimum Gasteiger partial charge on any atom is -0.486 e. The third kappa shape index (κ3) is 3.10. The molecular formula is C24H24FNO4. The van der Waals surface area contributed by atoms with Crippen molar-refractivity contribution in [1.29, 1.82) is 0 Å². The fourth-order valence-corrected chi connectivity index (χ4v) is 5.07. The van der Waals surface area contributed by atoms with Crippen LogP contribution >= 0.6 is 0 Å². The summed E-state index contributed by atoms with van der Waals surface area (Å²) < 4.78 is 25.2. The average molecular weight is 409 g/mol. The normalized spacial score (nSPS) is 28.4. The highest BCUT2D eigenvalue weighted by atomic mass is 19.1. The number of hydrogen-bond donors (Lipinski definition) is 1. The van der Waals surface area contributed by atoms with Crippen molar-refractivity contribution >= 4 is 11.7 Å². The predicted molar refractivity (Wildman–Crippen MR) is 109 cm³/mol. The van der Waals surface area contributed by atoms with Crippen LogP contribution in [-0.2, 0) is 4.74 Å². The van der Waals surface area contributed by atoms with Gasteiger partial charge in [-0.25, -0.2) is 4.39 Å². The Morgan fingerprint density at radius 2 is 1.87 bits per heavy atom. The molecule has 5 atom stereocenters. The first-order chi connectivity index (χ1) is 14.6. The van der Waals surface area contributed by atoms with Crippen molar-refractivity contribution in [1.82, 2.24) is 5.32 Å². The molecule has 2 heterocycles. The van der Waals surface area contributed by atoms with Crippen molar-refractivity contribution in [3.05, 3.63) is 64.7 Å². The van der Waals surface area contributed by atoms with Crippen molar-refractivity contribution in [3.8, 4) is 5.75 Å². The maximum Gasteiger partial charge on any atom is 0.254 e. The van der Waals surface area contributed by atoms with Gasteiger partial charge in [-0.2, -0.15) is 0 Å². The number of carbonyl (C=O) groups excluding carboxylic acids is 2. The summed E-state index contributed by atoms with van der Waals surface area (Å²) in [5.74, 6) is 1.01. The number of fused-ring (bicyclic) bond motifs is 2. The fraction of sp³-hybridized carbons (Fsp3) is 0.417. The van der Waals surface area contributed by atoms with Crippen LogP contribution in [0.1, 0.15) is 44.2 Å². The number of nitrogens with one attached hydrogen (secondary N) is 1. The minimum absolute atomic E-state index is 0.0119. The van der Waals surface area contributed by atoms with E-state index in [2.05, 4.69) is 5.32 Å². The van der Waals surface area contributed by atoms with Crippen molar-refractivity contribution < 1.29 is 23.5 Å². The molecule has 1 saturated heterocycles. The monoisotopic (exact) mass is 409 g/mol. The van der Waals surface area contributed by atoms with E-state index in [1.54, 1.807) is 12.1 Å². The molecule has 2 aliphatic heterocycles. The molecule has 1 N–H and O–H groups in total. The Balaban J connectivity index is 1.54. The molecule has 1 aliphatic carbocycles. The van der Waals surface area contributed by atoms with Crippen molar-refractivity contribution in [2.24, 2.45) is 17.8 Å². The van der Waals surface area contributed by atoms with E-state index < -0.39 is 12.8 Å². The molecule has 5 rings (SSSR count). The van der Waals surface area contributed by atoms with Crippen LogP contribution < -0.4 is 10.1 Å². The first-order valence-corrected chi connectivity index (χ1v) is 10.4. The number of rotatable bonds is 6.